The minimum atomic E-state index is -1.17. The SMILES string of the molecule is CCCCCCCCCCCCC(=O)N1CCCCC1CNC(=O)C(CC(=O)OCc1ccccc1)NC(=O)OC(C)(C)C. The molecule has 0 radical (unpaired) electrons. The van der Waals surface area contributed by atoms with Gasteiger partial charge in [-0.15, -0.1) is 0 Å². The van der Waals surface area contributed by atoms with E-state index >= 15 is 0 Å². The summed E-state index contributed by atoms with van der Waals surface area (Å²) >= 11 is 0. The number of hydrogen-bond donors (Lipinski definition) is 2. The van der Waals surface area contributed by atoms with Crippen LogP contribution in [0.2, 0.25) is 0 Å². The van der Waals surface area contributed by atoms with Crippen LogP contribution in [0.5, 0.6) is 0 Å². The molecule has 0 aromatic heterocycles. The van der Waals surface area contributed by atoms with E-state index in [4.69, 9.17) is 9.47 Å². The maximum Gasteiger partial charge on any atom is 0.408 e. The Morgan fingerprint density at radius 3 is 2.18 bits per heavy atom. The molecular formula is C35H57N3O6. The summed E-state index contributed by atoms with van der Waals surface area (Å²) in [7, 11) is 0. The van der Waals surface area contributed by atoms with E-state index in [0.717, 1.165) is 37.7 Å². The predicted molar refractivity (Wildman–Crippen MR) is 173 cm³/mol. The first-order valence-electron chi connectivity index (χ1n) is 16.8. The fraction of sp³-hybridized carbons (Fsp3) is 0.714. The summed E-state index contributed by atoms with van der Waals surface area (Å²) in [4.78, 5) is 53.4. The van der Waals surface area contributed by atoms with Crippen molar-refractivity contribution in [3.05, 3.63) is 35.9 Å². The third-order valence-electron chi connectivity index (χ3n) is 7.82. The first-order chi connectivity index (χ1) is 21.1. The molecule has 2 atom stereocenters. The number of rotatable bonds is 19. The van der Waals surface area contributed by atoms with Crippen LogP contribution in [0.25, 0.3) is 0 Å². The Morgan fingerprint density at radius 2 is 1.55 bits per heavy atom. The topological polar surface area (TPSA) is 114 Å². The lowest BCUT2D eigenvalue weighted by Gasteiger charge is -2.36. The fourth-order valence-corrected chi connectivity index (χ4v) is 5.41. The normalized spacial score (nSPS) is 15.7. The summed E-state index contributed by atoms with van der Waals surface area (Å²) in [6.07, 6.45) is 14.3. The van der Waals surface area contributed by atoms with Crippen molar-refractivity contribution >= 4 is 23.9 Å². The summed E-state index contributed by atoms with van der Waals surface area (Å²) in [5, 5.41) is 5.41. The van der Waals surface area contributed by atoms with Crippen molar-refractivity contribution in [3.8, 4) is 0 Å². The van der Waals surface area contributed by atoms with Crippen molar-refractivity contribution in [2.24, 2.45) is 0 Å². The number of amides is 3. The summed E-state index contributed by atoms with van der Waals surface area (Å²) in [5.74, 6) is -0.993. The molecule has 9 nitrogen and oxygen atoms in total. The average molecular weight is 616 g/mol. The van der Waals surface area contributed by atoms with Crippen molar-refractivity contribution in [3.63, 3.8) is 0 Å². The Hall–Kier alpha value is -3.10. The van der Waals surface area contributed by atoms with Gasteiger partial charge in [-0.1, -0.05) is 95.0 Å². The monoisotopic (exact) mass is 615 g/mol. The molecule has 2 rings (SSSR count). The van der Waals surface area contributed by atoms with E-state index in [1.807, 2.05) is 35.2 Å². The van der Waals surface area contributed by atoms with E-state index in [9.17, 15) is 19.2 Å². The zero-order chi connectivity index (χ0) is 32.2. The number of benzene rings is 1. The first kappa shape index (κ1) is 37.1. The van der Waals surface area contributed by atoms with E-state index in [0.29, 0.717) is 13.0 Å². The van der Waals surface area contributed by atoms with Gasteiger partial charge in [0.15, 0.2) is 0 Å². The second-order valence-electron chi connectivity index (χ2n) is 13.0. The molecule has 1 aromatic carbocycles. The predicted octanol–water partition coefficient (Wildman–Crippen LogP) is 6.82. The van der Waals surface area contributed by atoms with Gasteiger partial charge in [-0.2, -0.15) is 0 Å². The van der Waals surface area contributed by atoms with E-state index in [1.54, 1.807) is 20.8 Å². The molecule has 0 saturated carbocycles. The largest absolute Gasteiger partial charge is 0.461 e. The molecule has 248 valence electrons. The van der Waals surface area contributed by atoms with Gasteiger partial charge in [0, 0.05) is 25.6 Å². The highest BCUT2D eigenvalue weighted by Gasteiger charge is 2.30. The van der Waals surface area contributed by atoms with Crippen molar-refractivity contribution in [1.29, 1.82) is 0 Å². The Labute approximate surface area is 265 Å². The van der Waals surface area contributed by atoms with E-state index < -0.39 is 29.6 Å². The molecule has 1 heterocycles. The van der Waals surface area contributed by atoms with E-state index in [-0.39, 0.29) is 31.5 Å². The van der Waals surface area contributed by atoms with Gasteiger partial charge < -0.3 is 25.0 Å². The number of nitrogens with zero attached hydrogens (tertiary/aromatic N) is 1. The number of alkyl carbamates (subject to hydrolysis) is 1. The van der Waals surface area contributed by atoms with Crippen LogP contribution < -0.4 is 10.6 Å². The van der Waals surface area contributed by atoms with Gasteiger partial charge >= 0.3 is 12.1 Å². The molecule has 1 fully saturated rings. The molecule has 1 aliphatic rings. The number of piperidine rings is 1. The zero-order valence-electron chi connectivity index (χ0n) is 27.7. The number of ether oxygens (including phenoxy) is 2. The lowest BCUT2D eigenvalue weighted by Crippen LogP contribution is -2.54. The number of likely N-dealkylation sites (tertiary alicyclic amines) is 1. The number of nitrogens with one attached hydrogen (secondary N) is 2. The first-order valence-corrected chi connectivity index (χ1v) is 16.8. The molecule has 44 heavy (non-hydrogen) atoms. The van der Waals surface area contributed by atoms with E-state index in [2.05, 4.69) is 17.6 Å². The molecule has 0 bridgehead atoms. The highest BCUT2D eigenvalue weighted by atomic mass is 16.6. The minimum Gasteiger partial charge on any atom is -0.461 e. The molecular weight excluding hydrogens is 558 g/mol. The highest BCUT2D eigenvalue weighted by molar-refractivity contribution is 5.89. The van der Waals surface area contributed by atoms with Crippen LogP contribution in [0.1, 0.15) is 130 Å². The van der Waals surface area contributed by atoms with Crippen LogP contribution in [-0.2, 0) is 30.5 Å². The van der Waals surface area contributed by atoms with Crippen molar-refractivity contribution in [2.75, 3.05) is 13.1 Å². The van der Waals surface area contributed by atoms with Gasteiger partial charge in [-0.3, -0.25) is 14.4 Å². The summed E-state index contributed by atoms with van der Waals surface area (Å²) < 4.78 is 10.7. The zero-order valence-corrected chi connectivity index (χ0v) is 27.7. The lowest BCUT2D eigenvalue weighted by atomic mass is 10.0. The molecule has 9 heteroatoms. The highest BCUT2D eigenvalue weighted by Crippen LogP contribution is 2.19. The molecule has 1 aliphatic heterocycles. The molecule has 0 spiro atoms. The van der Waals surface area contributed by atoms with Crippen LogP contribution >= 0.6 is 0 Å². The molecule has 1 saturated heterocycles. The second-order valence-corrected chi connectivity index (χ2v) is 13.0. The number of carbonyl (C=O) groups is 4. The third kappa shape index (κ3) is 16.1. The smallest absolute Gasteiger partial charge is 0.408 e. The van der Waals surface area contributed by atoms with Crippen molar-refractivity contribution in [2.45, 2.75) is 148 Å². The second kappa shape index (κ2) is 20.8. The summed E-state index contributed by atoms with van der Waals surface area (Å²) in [5.41, 5.74) is 0.0534. The van der Waals surface area contributed by atoms with Gasteiger partial charge in [0.1, 0.15) is 18.2 Å². The average Bonchev–Trinajstić information content (AvgIpc) is 2.99. The molecule has 2 N–H and O–H groups in total. The molecule has 2 unspecified atom stereocenters. The third-order valence-corrected chi connectivity index (χ3v) is 7.82. The number of hydrogen-bond acceptors (Lipinski definition) is 6. The van der Waals surface area contributed by atoms with Crippen LogP contribution in [-0.4, -0.2) is 59.6 Å². The molecule has 1 aromatic rings. The summed E-state index contributed by atoms with van der Waals surface area (Å²) in [6, 6.07) is 7.95. The van der Waals surface area contributed by atoms with Gasteiger partial charge in [0.05, 0.1) is 6.42 Å². The Bertz CT molecular complexity index is 994. The maximum atomic E-state index is 13.3. The number of carbonyl (C=O) groups excluding carboxylic acids is 4. The van der Waals surface area contributed by atoms with Crippen LogP contribution in [0, 0.1) is 0 Å². The quantitative estimate of drug-likeness (QED) is 0.130. The molecule has 0 aliphatic carbocycles. The summed E-state index contributed by atoms with van der Waals surface area (Å²) in [6.45, 7) is 8.41. The Balaban J connectivity index is 1.85. The van der Waals surface area contributed by atoms with Gasteiger partial charge in [0.2, 0.25) is 11.8 Å². The number of unbranched alkanes of at least 4 members (excludes halogenated alkanes) is 9. The Kier molecular flexibility index (Phi) is 17.5. The Morgan fingerprint density at radius 1 is 0.909 bits per heavy atom. The van der Waals surface area contributed by atoms with Gasteiger partial charge in [-0.05, 0) is 52.0 Å². The van der Waals surface area contributed by atoms with Crippen molar-refractivity contribution in [1.82, 2.24) is 15.5 Å². The van der Waals surface area contributed by atoms with Crippen LogP contribution in [0.4, 0.5) is 4.79 Å². The standard InChI is InChI=1S/C35H57N3O6/c1-5-6-7-8-9-10-11-12-13-17-23-31(39)38-24-19-18-22-29(38)26-36-33(41)30(37-34(42)44-35(2,3)4)25-32(40)43-27-28-20-15-14-16-21-28/h14-16,20-21,29-30H,5-13,17-19,22-27H2,1-4H3,(H,36,41)(H,37,42). The van der Waals surface area contributed by atoms with Gasteiger partial charge in [0.25, 0.3) is 0 Å². The molecule has 3 amide bonds. The fourth-order valence-electron chi connectivity index (χ4n) is 5.41. The van der Waals surface area contributed by atoms with Crippen LogP contribution in [0.3, 0.4) is 0 Å². The van der Waals surface area contributed by atoms with Crippen LogP contribution in [0.15, 0.2) is 30.3 Å². The lowest BCUT2D eigenvalue weighted by molar-refractivity contribution is -0.147. The number of esters is 1. The van der Waals surface area contributed by atoms with Gasteiger partial charge in [-0.25, -0.2) is 4.79 Å². The van der Waals surface area contributed by atoms with Crippen molar-refractivity contribution < 1.29 is 28.7 Å². The maximum absolute atomic E-state index is 13.3. The van der Waals surface area contributed by atoms with E-state index in [1.165, 1.54) is 51.4 Å². The minimum absolute atomic E-state index is 0.0681.